The normalized spacial score (nSPS) is 19.5. The van der Waals surface area contributed by atoms with Crippen LogP contribution in [0.4, 0.5) is 10.6 Å². The summed E-state index contributed by atoms with van der Waals surface area (Å²) in [5.74, 6) is 1.61. The number of fused-ring (bicyclic) bond motifs is 1. The molecule has 1 aromatic carbocycles. The molecule has 2 saturated heterocycles. The monoisotopic (exact) mass is 565 g/mol. The molecule has 0 N–H and O–H groups in total. The van der Waals surface area contributed by atoms with E-state index in [2.05, 4.69) is 11.8 Å². The highest BCUT2D eigenvalue weighted by Gasteiger charge is 2.30. The van der Waals surface area contributed by atoms with Crippen molar-refractivity contribution >= 4 is 28.9 Å². The van der Waals surface area contributed by atoms with Gasteiger partial charge in [-0.2, -0.15) is 0 Å². The molecule has 220 valence electrons. The Kier molecular flexibility index (Phi) is 8.08. The molecular weight excluding hydrogens is 526 g/mol. The SMILES string of the molecule is COC(=O)c1cc(OC)c2c(c1)nc(-c1ccc(N3CCCC3C)nc1)n2C[C@@H]1CN(C(=O)OC(C)(C)C)CCO1. The number of imidazole rings is 1. The summed E-state index contributed by atoms with van der Waals surface area (Å²) in [6, 6.07) is 7.86. The molecule has 3 aromatic rings. The number of nitrogens with zero attached hydrogens (tertiary/aromatic N) is 5. The molecule has 0 bridgehead atoms. The van der Waals surface area contributed by atoms with Gasteiger partial charge < -0.3 is 33.3 Å². The first kappa shape index (κ1) is 28.7. The van der Waals surface area contributed by atoms with Gasteiger partial charge in [-0.25, -0.2) is 19.6 Å². The molecule has 0 spiro atoms. The molecule has 0 radical (unpaired) electrons. The number of ether oxygens (including phenoxy) is 4. The van der Waals surface area contributed by atoms with E-state index in [9.17, 15) is 9.59 Å². The highest BCUT2D eigenvalue weighted by Crippen LogP contribution is 2.34. The van der Waals surface area contributed by atoms with Crippen molar-refractivity contribution in [3.63, 3.8) is 0 Å². The van der Waals surface area contributed by atoms with Crippen LogP contribution in [0.15, 0.2) is 30.5 Å². The van der Waals surface area contributed by atoms with Gasteiger partial charge in [0.15, 0.2) is 0 Å². The van der Waals surface area contributed by atoms with Crippen LogP contribution < -0.4 is 9.64 Å². The molecule has 4 heterocycles. The lowest BCUT2D eigenvalue weighted by Gasteiger charge is -2.34. The van der Waals surface area contributed by atoms with E-state index in [0.29, 0.717) is 60.5 Å². The number of rotatable bonds is 6. The predicted molar refractivity (Wildman–Crippen MR) is 154 cm³/mol. The van der Waals surface area contributed by atoms with Crippen molar-refractivity contribution < 1.29 is 28.5 Å². The third-order valence-electron chi connectivity index (χ3n) is 7.48. The minimum absolute atomic E-state index is 0.324. The number of morpholine rings is 1. The van der Waals surface area contributed by atoms with Crippen LogP contribution >= 0.6 is 0 Å². The highest BCUT2D eigenvalue weighted by molar-refractivity contribution is 5.97. The van der Waals surface area contributed by atoms with Crippen LogP contribution in [0.1, 0.15) is 50.9 Å². The molecule has 0 aliphatic carbocycles. The maximum atomic E-state index is 12.8. The van der Waals surface area contributed by atoms with Gasteiger partial charge in [0, 0.05) is 30.9 Å². The van der Waals surface area contributed by atoms with Gasteiger partial charge in [0.05, 0.1) is 51.1 Å². The summed E-state index contributed by atoms with van der Waals surface area (Å²) in [6.07, 6.45) is 3.46. The van der Waals surface area contributed by atoms with Crippen molar-refractivity contribution in [2.45, 2.75) is 64.8 Å². The van der Waals surface area contributed by atoms with Crippen LogP contribution in [0.3, 0.4) is 0 Å². The Bertz CT molecular complexity index is 1410. The van der Waals surface area contributed by atoms with Gasteiger partial charge in [-0.1, -0.05) is 0 Å². The average molecular weight is 566 g/mol. The zero-order valence-corrected chi connectivity index (χ0v) is 24.7. The van der Waals surface area contributed by atoms with Crippen molar-refractivity contribution in [1.29, 1.82) is 0 Å². The lowest BCUT2D eigenvalue weighted by Crippen LogP contribution is -2.48. The lowest BCUT2D eigenvalue weighted by atomic mass is 10.1. The van der Waals surface area contributed by atoms with Crippen molar-refractivity contribution in [1.82, 2.24) is 19.4 Å². The number of amides is 1. The second-order valence-electron chi connectivity index (χ2n) is 11.6. The standard InChI is InChI=1S/C30H39N5O6/c1-19-8-7-11-34(19)25-10-9-20(16-31-25)27-32-23-14-21(28(36)39-6)15-24(38-5)26(23)35(27)18-22-17-33(12-13-40-22)29(37)41-30(2,3)4/h9-10,14-16,19,22H,7-8,11-13,17-18H2,1-6H3/t19?,22-/m0/s1. The number of hydrogen-bond donors (Lipinski definition) is 0. The van der Waals surface area contributed by atoms with Gasteiger partial charge >= 0.3 is 12.1 Å². The third kappa shape index (κ3) is 6.09. The summed E-state index contributed by atoms with van der Waals surface area (Å²) in [6.45, 7) is 10.4. The number of methoxy groups -OCH3 is 2. The van der Waals surface area contributed by atoms with E-state index in [1.54, 1.807) is 24.1 Å². The number of pyridine rings is 1. The minimum Gasteiger partial charge on any atom is -0.494 e. The van der Waals surface area contributed by atoms with Crippen LogP contribution in [0.25, 0.3) is 22.4 Å². The number of carbonyl (C=O) groups excluding carboxylic acids is 2. The van der Waals surface area contributed by atoms with Crippen molar-refractivity contribution in [2.75, 3.05) is 45.4 Å². The van der Waals surface area contributed by atoms with E-state index in [1.165, 1.54) is 7.11 Å². The predicted octanol–water partition coefficient (Wildman–Crippen LogP) is 4.52. The Morgan fingerprint density at radius 1 is 1.15 bits per heavy atom. The molecule has 2 fully saturated rings. The first-order valence-electron chi connectivity index (χ1n) is 14.1. The zero-order chi connectivity index (χ0) is 29.3. The molecule has 1 amide bonds. The second kappa shape index (κ2) is 11.6. The van der Waals surface area contributed by atoms with E-state index in [0.717, 1.165) is 30.8 Å². The fourth-order valence-corrected chi connectivity index (χ4v) is 5.51. The van der Waals surface area contributed by atoms with Gasteiger partial charge in [0.1, 0.15) is 28.5 Å². The molecule has 2 aromatic heterocycles. The quantitative estimate of drug-likeness (QED) is 0.399. The second-order valence-corrected chi connectivity index (χ2v) is 11.6. The van der Waals surface area contributed by atoms with Gasteiger partial charge in [0.2, 0.25) is 0 Å². The molecule has 2 aliphatic rings. The summed E-state index contributed by atoms with van der Waals surface area (Å²) in [5, 5.41) is 0. The fourth-order valence-electron chi connectivity index (χ4n) is 5.51. The van der Waals surface area contributed by atoms with Crippen LogP contribution in [0.5, 0.6) is 5.75 Å². The maximum Gasteiger partial charge on any atom is 0.410 e. The van der Waals surface area contributed by atoms with E-state index in [1.807, 2.05) is 43.7 Å². The van der Waals surface area contributed by atoms with E-state index < -0.39 is 11.6 Å². The summed E-state index contributed by atoms with van der Waals surface area (Å²) in [4.78, 5) is 38.9. The summed E-state index contributed by atoms with van der Waals surface area (Å²) >= 11 is 0. The largest absolute Gasteiger partial charge is 0.494 e. The third-order valence-corrected chi connectivity index (χ3v) is 7.48. The Labute approximate surface area is 240 Å². The molecule has 41 heavy (non-hydrogen) atoms. The number of esters is 1. The smallest absolute Gasteiger partial charge is 0.410 e. The Morgan fingerprint density at radius 2 is 1.95 bits per heavy atom. The lowest BCUT2D eigenvalue weighted by molar-refractivity contribution is -0.0468. The Morgan fingerprint density at radius 3 is 2.59 bits per heavy atom. The van der Waals surface area contributed by atoms with Crippen molar-refractivity contribution in [3.8, 4) is 17.1 Å². The average Bonchev–Trinajstić information content (AvgIpc) is 3.54. The minimum atomic E-state index is -0.588. The molecule has 11 heteroatoms. The topological polar surface area (TPSA) is 108 Å². The van der Waals surface area contributed by atoms with E-state index in [4.69, 9.17) is 28.9 Å². The van der Waals surface area contributed by atoms with Gasteiger partial charge in [0.25, 0.3) is 0 Å². The van der Waals surface area contributed by atoms with Gasteiger partial charge in [-0.3, -0.25) is 0 Å². The number of carbonyl (C=O) groups is 2. The molecule has 1 unspecified atom stereocenters. The molecule has 5 rings (SSSR count). The Balaban J connectivity index is 1.53. The maximum absolute atomic E-state index is 12.8. The van der Waals surface area contributed by atoms with Crippen molar-refractivity contribution in [2.24, 2.45) is 0 Å². The first-order chi connectivity index (χ1) is 19.6. The van der Waals surface area contributed by atoms with E-state index >= 15 is 0 Å². The number of aromatic nitrogens is 3. The van der Waals surface area contributed by atoms with Crippen molar-refractivity contribution in [3.05, 3.63) is 36.0 Å². The number of benzene rings is 1. The van der Waals surface area contributed by atoms with Crippen LogP contribution in [-0.2, 0) is 20.8 Å². The number of hydrogen-bond acceptors (Lipinski definition) is 9. The fraction of sp³-hybridized carbons (Fsp3) is 0.533. The molecule has 0 saturated carbocycles. The van der Waals surface area contributed by atoms with Gasteiger partial charge in [-0.05, 0) is 64.8 Å². The molecule has 11 nitrogen and oxygen atoms in total. The summed E-state index contributed by atoms with van der Waals surface area (Å²) < 4.78 is 24.4. The van der Waals surface area contributed by atoms with Crippen LogP contribution in [-0.4, -0.2) is 89.7 Å². The van der Waals surface area contributed by atoms with Crippen LogP contribution in [0.2, 0.25) is 0 Å². The first-order valence-corrected chi connectivity index (χ1v) is 14.1. The number of anilines is 1. The molecular formula is C30H39N5O6. The summed E-state index contributed by atoms with van der Waals surface area (Å²) in [7, 11) is 2.90. The van der Waals surface area contributed by atoms with E-state index in [-0.39, 0.29) is 12.2 Å². The zero-order valence-electron chi connectivity index (χ0n) is 24.7. The Hall–Kier alpha value is -3.86. The molecule has 2 aliphatic heterocycles. The molecule has 2 atom stereocenters. The van der Waals surface area contributed by atoms with Crippen LogP contribution in [0, 0.1) is 0 Å². The summed E-state index contributed by atoms with van der Waals surface area (Å²) in [5.41, 5.74) is 1.87. The highest BCUT2D eigenvalue weighted by atomic mass is 16.6. The van der Waals surface area contributed by atoms with Gasteiger partial charge in [-0.15, -0.1) is 0 Å².